The van der Waals surface area contributed by atoms with Crippen LogP contribution in [0.2, 0.25) is 0 Å². The highest BCUT2D eigenvalue weighted by Crippen LogP contribution is 2.07. The summed E-state index contributed by atoms with van der Waals surface area (Å²) in [6.45, 7) is 2.03. The van der Waals surface area contributed by atoms with Crippen molar-refractivity contribution in [3.05, 3.63) is 71.3 Å². The lowest BCUT2D eigenvalue weighted by Gasteiger charge is -2.20. The fourth-order valence-corrected chi connectivity index (χ4v) is 2.18. The lowest BCUT2D eigenvalue weighted by atomic mass is 10.0. The maximum Gasteiger partial charge on any atom is 0.251 e. The number of hydrogen-bond acceptors (Lipinski definition) is 3. The molecule has 0 aromatic heterocycles. The van der Waals surface area contributed by atoms with Crippen LogP contribution < -0.4 is 10.4 Å². The van der Waals surface area contributed by atoms with E-state index in [2.05, 4.69) is 5.32 Å². The Balaban J connectivity index is 2.06. The van der Waals surface area contributed by atoms with Crippen LogP contribution in [-0.2, 0) is 17.6 Å². The predicted octanol–water partition coefficient (Wildman–Crippen LogP) is 1.34. The van der Waals surface area contributed by atoms with Gasteiger partial charge in [0.05, 0.1) is 12.0 Å². The molecule has 114 valence electrons. The van der Waals surface area contributed by atoms with Crippen molar-refractivity contribution in [3.63, 3.8) is 0 Å². The molecule has 4 heteroatoms. The van der Waals surface area contributed by atoms with Gasteiger partial charge in [-0.25, -0.2) is 0 Å². The number of carbonyl (C=O) groups is 2. The molecular weight excluding hydrogens is 278 g/mol. The molecule has 2 aromatic carbocycles. The van der Waals surface area contributed by atoms with E-state index in [-0.39, 0.29) is 6.42 Å². The SMILES string of the molecule is CCc1ccc(C(=O)N[C@@H](Cc2ccccc2)C(=O)[O-])cc1. The van der Waals surface area contributed by atoms with Gasteiger partial charge in [0.2, 0.25) is 0 Å². The van der Waals surface area contributed by atoms with Gasteiger partial charge in [-0.05, 0) is 36.1 Å². The highest BCUT2D eigenvalue weighted by atomic mass is 16.4. The van der Waals surface area contributed by atoms with E-state index in [1.165, 1.54) is 0 Å². The number of carbonyl (C=O) groups excluding carboxylic acids is 2. The van der Waals surface area contributed by atoms with Crippen LogP contribution in [0, 0.1) is 0 Å². The maximum atomic E-state index is 12.1. The first-order valence-electron chi connectivity index (χ1n) is 7.24. The Kier molecular flexibility index (Phi) is 5.31. The Morgan fingerprint density at radius 2 is 1.64 bits per heavy atom. The van der Waals surface area contributed by atoms with Crippen molar-refractivity contribution in [1.29, 1.82) is 0 Å². The summed E-state index contributed by atoms with van der Waals surface area (Å²) in [6.07, 6.45) is 1.08. The van der Waals surface area contributed by atoms with Gasteiger partial charge in [0.15, 0.2) is 0 Å². The van der Waals surface area contributed by atoms with Crippen LogP contribution >= 0.6 is 0 Å². The second-order valence-electron chi connectivity index (χ2n) is 5.09. The number of aryl methyl sites for hydroxylation is 1. The average Bonchev–Trinajstić information content (AvgIpc) is 2.55. The van der Waals surface area contributed by atoms with E-state index in [1.807, 2.05) is 49.4 Å². The molecule has 22 heavy (non-hydrogen) atoms. The monoisotopic (exact) mass is 296 g/mol. The number of amides is 1. The Hall–Kier alpha value is -2.62. The molecule has 1 atom stereocenters. The number of carboxylic acids is 1. The first-order chi connectivity index (χ1) is 10.6. The summed E-state index contributed by atoms with van der Waals surface area (Å²) >= 11 is 0. The van der Waals surface area contributed by atoms with Gasteiger partial charge in [0.1, 0.15) is 0 Å². The summed E-state index contributed by atoms with van der Waals surface area (Å²) in [7, 11) is 0. The van der Waals surface area contributed by atoms with Crippen molar-refractivity contribution >= 4 is 11.9 Å². The van der Waals surface area contributed by atoms with E-state index in [1.54, 1.807) is 12.1 Å². The third-order valence-electron chi connectivity index (χ3n) is 3.50. The van der Waals surface area contributed by atoms with Gasteiger partial charge >= 0.3 is 0 Å². The first kappa shape index (κ1) is 15.8. The summed E-state index contributed by atoms with van der Waals surface area (Å²) < 4.78 is 0. The predicted molar refractivity (Wildman–Crippen MR) is 82.2 cm³/mol. The highest BCUT2D eigenvalue weighted by molar-refractivity contribution is 5.96. The van der Waals surface area contributed by atoms with Crippen molar-refractivity contribution in [2.75, 3.05) is 0 Å². The van der Waals surface area contributed by atoms with E-state index >= 15 is 0 Å². The molecule has 0 bridgehead atoms. The second kappa shape index (κ2) is 7.41. The van der Waals surface area contributed by atoms with E-state index in [0.29, 0.717) is 5.56 Å². The number of aliphatic carboxylic acids is 1. The van der Waals surface area contributed by atoms with Crippen molar-refractivity contribution in [2.45, 2.75) is 25.8 Å². The van der Waals surface area contributed by atoms with E-state index in [9.17, 15) is 14.7 Å². The zero-order valence-corrected chi connectivity index (χ0v) is 12.4. The molecule has 0 spiro atoms. The first-order valence-corrected chi connectivity index (χ1v) is 7.24. The molecule has 0 unspecified atom stereocenters. The lowest BCUT2D eigenvalue weighted by Crippen LogP contribution is -2.49. The third-order valence-corrected chi connectivity index (χ3v) is 3.50. The Bertz CT molecular complexity index is 635. The quantitative estimate of drug-likeness (QED) is 0.874. The normalized spacial score (nSPS) is 11.7. The van der Waals surface area contributed by atoms with Crippen LogP contribution in [0.3, 0.4) is 0 Å². The fraction of sp³-hybridized carbons (Fsp3) is 0.222. The van der Waals surface area contributed by atoms with Gasteiger partial charge in [0, 0.05) is 5.56 Å². The van der Waals surface area contributed by atoms with Gasteiger partial charge in [-0.3, -0.25) is 4.79 Å². The van der Waals surface area contributed by atoms with Crippen LogP contribution in [0.25, 0.3) is 0 Å². The van der Waals surface area contributed by atoms with Crippen LogP contribution in [0.1, 0.15) is 28.4 Å². The molecule has 0 saturated heterocycles. The van der Waals surface area contributed by atoms with Crippen molar-refractivity contribution in [3.8, 4) is 0 Å². The summed E-state index contributed by atoms with van der Waals surface area (Å²) in [4.78, 5) is 23.4. The van der Waals surface area contributed by atoms with Crippen molar-refractivity contribution in [2.24, 2.45) is 0 Å². The van der Waals surface area contributed by atoms with Gasteiger partial charge in [-0.1, -0.05) is 49.4 Å². The molecule has 0 aliphatic heterocycles. The topological polar surface area (TPSA) is 69.2 Å². The smallest absolute Gasteiger partial charge is 0.251 e. The Morgan fingerprint density at radius 3 is 2.18 bits per heavy atom. The Morgan fingerprint density at radius 1 is 1.00 bits per heavy atom. The second-order valence-corrected chi connectivity index (χ2v) is 5.09. The zero-order chi connectivity index (χ0) is 15.9. The van der Waals surface area contributed by atoms with Gasteiger partial charge in [-0.2, -0.15) is 0 Å². The highest BCUT2D eigenvalue weighted by Gasteiger charge is 2.15. The third kappa shape index (κ3) is 4.19. The standard InChI is InChI=1S/C18H19NO3/c1-2-13-8-10-15(11-9-13)17(20)19-16(18(21)22)12-14-6-4-3-5-7-14/h3-11,16H,2,12H2,1H3,(H,19,20)(H,21,22)/p-1/t16-/m0/s1. The molecule has 1 N–H and O–H groups in total. The number of nitrogens with one attached hydrogen (secondary N) is 1. The lowest BCUT2D eigenvalue weighted by molar-refractivity contribution is -0.308. The number of rotatable bonds is 6. The molecule has 2 rings (SSSR count). The number of hydrogen-bond donors (Lipinski definition) is 1. The van der Waals surface area contributed by atoms with Gasteiger partial charge < -0.3 is 15.2 Å². The van der Waals surface area contributed by atoms with E-state index in [0.717, 1.165) is 17.5 Å². The van der Waals surface area contributed by atoms with Crippen molar-refractivity contribution < 1.29 is 14.7 Å². The summed E-state index contributed by atoms with van der Waals surface area (Å²) in [5.74, 6) is -1.70. The number of benzene rings is 2. The molecule has 4 nitrogen and oxygen atoms in total. The molecule has 2 aromatic rings. The van der Waals surface area contributed by atoms with Crippen molar-refractivity contribution in [1.82, 2.24) is 5.32 Å². The van der Waals surface area contributed by atoms with Crippen LogP contribution in [0.5, 0.6) is 0 Å². The average molecular weight is 296 g/mol. The van der Waals surface area contributed by atoms with Gasteiger partial charge in [-0.15, -0.1) is 0 Å². The largest absolute Gasteiger partial charge is 0.548 e. The summed E-state index contributed by atoms with van der Waals surface area (Å²) in [5.41, 5.74) is 2.40. The molecule has 0 fully saturated rings. The molecule has 0 aliphatic rings. The minimum Gasteiger partial charge on any atom is -0.548 e. The summed E-state index contributed by atoms with van der Waals surface area (Å²) in [6, 6.07) is 15.2. The Labute approximate surface area is 129 Å². The minimum absolute atomic E-state index is 0.196. The van der Waals surface area contributed by atoms with Crippen LogP contribution in [-0.4, -0.2) is 17.9 Å². The molecule has 0 heterocycles. The zero-order valence-electron chi connectivity index (χ0n) is 12.4. The van der Waals surface area contributed by atoms with Crippen LogP contribution in [0.15, 0.2) is 54.6 Å². The molecular formula is C18H18NO3-. The molecule has 1 amide bonds. The van der Waals surface area contributed by atoms with E-state index in [4.69, 9.17) is 0 Å². The minimum atomic E-state index is -1.29. The molecule has 0 aliphatic carbocycles. The molecule has 0 saturated carbocycles. The van der Waals surface area contributed by atoms with Crippen LogP contribution in [0.4, 0.5) is 0 Å². The molecule has 0 radical (unpaired) electrons. The van der Waals surface area contributed by atoms with E-state index < -0.39 is 17.9 Å². The fourth-order valence-electron chi connectivity index (χ4n) is 2.18. The maximum absolute atomic E-state index is 12.1. The van der Waals surface area contributed by atoms with Gasteiger partial charge in [0.25, 0.3) is 5.91 Å². The summed E-state index contributed by atoms with van der Waals surface area (Å²) in [5, 5.41) is 13.8. The number of carboxylic acid groups (broad SMARTS) is 1.